The first-order chi connectivity index (χ1) is 24.7. The second kappa shape index (κ2) is 12.0. The summed E-state index contributed by atoms with van der Waals surface area (Å²) in [6, 6.07) is 67.1. The summed E-state index contributed by atoms with van der Waals surface area (Å²) in [5.41, 5.74) is 12.2. The van der Waals surface area contributed by atoms with E-state index in [0.717, 1.165) is 0 Å². The molecule has 0 radical (unpaired) electrons. The zero-order valence-corrected chi connectivity index (χ0v) is 28.8. The molecule has 8 aromatic carbocycles. The maximum atomic E-state index is 2.39. The van der Waals surface area contributed by atoms with Gasteiger partial charge >= 0.3 is 0 Å². The topological polar surface area (TPSA) is 0 Å². The van der Waals surface area contributed by atoms with Crippen molar-refractivity contribution in [1.29, 1.82) is 0 Å². The number of thiophene rings is 2. The van der Waals surface area contributed by atoms with Crippen LogP contribution in [-0.4, -0.2) is 0 Å². The van der Waals surface area contributed by atoms with E-state index in [1.807, 2.05) is 22.7 Å². The molecule has 50 heavy (non-hydrogen) atoms. The molecule has 2 heteroatoms. The lowest BCUT2D eigenvalue weighted by atomic mass is 9.88. The Kier molecular flexibility index (Phi) is 6.97. The Balaban J connectivity index is 1.20. The first kappa shape index (κ1) is 29.1. The summed E-state index contributed by atoms with van der Waals surface area (Å²) in [5, 5.41) is 5.29. The van der Waals surface area contributed by atoms with E-state index in [-0.39, 0.29) is 0 Å². The van der Waals surface area contributed by atoms with Gasteiger partial charge in [-0.2, -0.15) is 0 Å². The third-order valence-electron chi connectivity index (χ3n) is 9.88. The highest BCUT2D eigenvalue weighted by Crippen LogP contribution is 2.42. The van der Waals surface area contributed by atoms with Crippen molar-refractivity contribution in [2.45, 2.75) is 0 Å². The summed E-state index contributed by atoms with van der Waals surface area (Å²) in [5.74, 6) is 0. The van der Waals surface area contributed by atoms with Gasteiger partial charge in [0.15, 0.2) is 0 Å². The lowest BCUT2D eigenvalue weighted by Gasteiger charge is -2.15. The fourth-order valence-corrected chi connectivity index (χ4v) is 9.56. The van der Waals surface area contributed by atoms with Gasteiger partial charge in [0.1, 0.15) is 0 Å². The number of hydrogen-bond acceptors (Lipinski definition) is 2. The Morgan fingerprint density at radius 3 is 1.14 bits per heavy atom. The molecule has 0 amide bonds. The summed E-state index contributed by atoms with van der Waals surface area (Å²) >= 11 is 3.74. The maximum absolute atomic E-state index is 2.39. The molecule has 10 rings (SSSR count). The van der Waals surface area contributed by atoms with E-state index in [1.54, 1.807) is 0 Å². The zero-order chi connectivity index (χ0) is 33.0. The van der Waals surface area contributed by atoms with Crippen LogP contribution in [0, 0.1) is 0 Å². The molecule has 0 N–H and O–H groups in total. The fraction of sp³-hybridized carbons (Fsp3) is 0. The molecule has 0 saturated heterocycles. The van der Waals surface area contributed by atoms with Gasteiger partial charge in [0.2, 0.25) is 0 Å². The van der Waals surface area contributed by atoms with Crippen LogP contribution in [0.2, 0.25) is 0 Å². The van der Waals surface area contributed by atoms with Crippen LogP contribution in [0.1, 0.15) is 0 Å². The summed E-state index contributed by atoms with van der Waals surface area (Å²) in [4.78, 5) is 0. The van der Waals surface area contributed by atoms with Crippen molar-refractivity contribution in [3.05, 3.63) is 182 Å². The van der Waals surface area contributed by atoms with Crippen LogP contribution < -0.4 is 0 Å². The molecule has 0 spiro atoms. The van der Waals surface area contributed by atoms with Gasteiger partial charge in [0, 0.05) is 40.3 Å². The van der Waals surface area contributed by atoms with Crippen LogP contribution in [-0.2, 0) is 0 Å². The molecule has 0 unspecified atom stereocenters. The molecule has 2 heterocycles. The Morgan fingerprint density at radius 1 is 0.220 bits per heavy atom. The minimum atomic E-state index is 1.20. The van der Waals surface area contributed by atoms with E-state index in [2.05, 4.69) is 182 Å². The van der Waals surface area contributed by atoms with Crippen molar-refractivity contribution in [3.63, 3.8) is 0 Å². The number of hydrogen-bond donors (Lipinski definition) is 0. The summed E-state index contributed by atoms with van der Waals surface area (Å²) in [6.07, 6.45) is 0. The lowest BCUT2D eigenvalue weighted by Crippen LogP contribution is -1.90. The van der Waals surface area contributed by atoms with Crippen molar-refractivity contribution < 1.29 is 0 Å². The Hall–Kier alpha value is -5.80. The minimum absolute atomic E-state index is 1.20. The van der Waals surface area contributed by atoms with E-state index in [1.165, 1.54) is 96.0 Å². The average molecular weight is 671 g/mol. The normalized spacial score (nSPS) is 11.6. The van der Waals surface area contributed by atoms with Gasteiger partial charge in [0.05, 0.1) is 0 Å². The molecule has 0 aliphatic heterocycles. The molecule has 2 aromatic heterocycles. The van der Waals surface area contributed by atoms with E-state index < -0.39 is 0 Å². The van der Waals surface area contributed by atoms with Crippen LogP contribution >= 0.6 is 22.7 Å². The van der Waals surface area contributed by atoms with Gasteiger partial charge in [-0.15, -0.1) is 22.7 Å². The first-order valence-corrected chi connectivity index (χ1v) is 18.6. The predicted molar refractivity (Wildman–Crippen MR) is 219 cm³/mol. The largest absolute Gasteiger partial charge is 0.135 e. The molecular weight excluding hydrogens is 641 g/mol. The van der Waals surface area contributed by atoms with Gasteiger partial charge in [-0.1, -0.05) is 121 Å². The van der Waals surface area contributed by atoms with Crippen LogP contribution in [0.5, 0.6) is 0 Å². The molecule has 0 aliphatic rings. The van der Waals surface area contributed by atoms with E-state index in [9.17, 15) is 0 Å². The molecule has 0 saturated carbocycles. The molecule has 234 valence electrons. The zero-order valence-electron chi connectivity index (χ0n) is 27.1. The Morgan fingerprint density at radius 2 is 0.620 bits per heavy atom. The van der Waals surface area contributed by atoms with Gasteiger partial charge in [-0.25, -0.2) is 0 Å². The molecular formula is C48H30S2. The van der Waals surface area contributed by atoms with E-state index in [0.29, 0.717) is 0 Å². The van der Waals surface area contributed by atoms with E-state index in [4.69, 9.17) is 0 Å². The fourth-order valence-electron chi connectivity index (χ4n) is 7.39. The van der Waals surface area contributed by atoms with Crippen LogP contribution in [0.25, 0.3) is 96.0 Å². The molecule has 0 atom stereocenters. The van der Waals surface area contributed by atoms with Crippen LogP contribution in [0.3, 0.4) is 0 Å². The highest BCUT2D eigenvalue weighted by Gasteiger charge is 2.15. The van der Waals surface area contributed by atoms with Crippen molar-refractivity contribution >= 4 is 63.0 Å². The minimum Gasteiger partial charge on any atom is -0.135 e. The molecule has 10 aromatic rings. The average Bonchev–Trinajstić information content (AvgIpc) is 3.76. The quantitative estimate of drug-likeness (QED) is 0.171. The van der Waals surface area contributed by atoms with Gasteiger partial charge in [0.25, 0.3) is 0 Å². The third-order valence-corrected chi connectivity index (χ3v) is 12.2. The van der Waals surface area contributed by atoms with Crippen molar-refractivity contribution in [3.8, 4) is 55.6 Å². The predicted octanol–water partition coefficient (Wildman–Crippen LogP) is 14.8. The molecule has 0 aliphatic carbocycles. The number of benzene rings is 8. The van der Waals surface area contributed by atoms with Crippen molar-refractivity contribution in [2.24, 2.45) is 0 Å². The SMILES string of the molecule is c1ccc(-c2ccc(-c3cc(-c4ccc5sc6ccccc6c5c4)cc(-c4ccc5sc6ccccc6c5c4)c3)cc2-c2ccccc2)cc1. The Bertz CT molecular complexity index is 2720. The number of fused-ring (bicyclic) bond motifs is 6. The highest BCUT2D eigenvalue weighted by molar-refractivity contribution is 7.26. The summed E-state index contributed by atoms with van der Waals surface area (Å²) in [6.45, 7) is 0. The maximum Gasteiger partial charge on any atom is 0.0355 e. The van der Waals surface area contributed by atoms with Crippen LogP contribution in [0.15, 0.2) is 182 Å². The second-order valence-electron chi connectivity index (χ2n) is 12.9. The van der Waals surface area contributed by atoms with Gasteiger partial charge in [-0.3, -0.25) is 0 Å². The molecule has 0 fully saturated rings. The van der Waals surface area contributed by atoms with Crippen LogP contribution in [0.4, 0.5) is 0 Å². The summed E-state index contributed by atoms with van der Waals surface area (Å²) < 4.78 is 5.31. The van der Waals surface area contributed by atoms with Crippen molar-refractivity contribution in [1.82, 2.24) is 0 Å². The standard InChI is InChI=1S/C48H30S2/c1-3-11-31(12-4-1)39-22-19-33(28-42(39)32-13-5-2-6-14-32)36-25-37(34-20-23-47-43(29-34)40-15-7-9-17-45(40)49-47)27-38(26-36)35-21-24-48-44(30-35)41-16-8-10-18-46(41)50-48/h1-30H. The smallest absolute Gasteiger partial charge is 0.0355 e. The van der Waals surface area contributed by atoms with E-state index >= 15 is 0 Å². The van der Waals surface area contributed by atoms with Gasteiger partial charge in [-0.05, 0) is 116 Å². The van der Waals surface area contributed by atoms with Gasteiger partial charge < -0.3 is 0 Å². The molecule has 0 nitrogen and oxygen atoms in total. The monoisotopic (exact) mass is 670 g/mol. The third kappa shape index (κ3) is 5.04. The highest BCUT2D eigenvalue weighted by atomic mass is 32.1. The van der Waals surface area contributed by atoms with Crippen molar-refractivity contribution in [2.75, 3.05) is 0 Å². The molecule has 0 bridgehead atoms. The summed E-state index contributed by atoms with van der Waals surface area (Å²) in [7, 11) is 0. The second-order valence-corrected chi connectivity index (χ2v) is 15.1. The lowest BCUT2D eigenvalue weighted by molar-refractivity contribution is 1.55. The first-order valence-electron chi connectivity index (χ1n) is 17.0. The number of rotatable bonds is 5. The Labute approximate surface area is 299 Å².